The van der Waals surface area contributed by atoms with Gasteiger partial charge in [-0.3, -0.25) is 4.79 Å². The summed E-state index contributed by atoms with van der Waals surface area (Å²) in [5.74, 6) is 0.973. The highest BCUT2D eigenvalue weighted by molar-refractivity contribution is 5.92. The minimum Gasteiger partial charge on any atom is -0.360 e. The average Bonchev–Trinajstić information content (AvgIpc) is 3.22. The van der Waals surface area contributed by atoms with E-state index in [0.29, 0.717) is 23.7 Å². The topological polar surface area (TPSA) is 78.9 Å². The van der Waals surface area contributed by atoms with Gasteiger partial charge in [-0.05, 0) is 30.5 Å². The van der Waals surface area contributed by atoms with Crippen LogP contribution in [-0.2, 0) is 6.54 Å². The fraction of sp³-hybridized carbons (Fsp3) is 0.267. The Bertz CT molecular complexity index is 680. The van der Waals surface area contributed by atoms with E-state index < -0.39 is 0 Å². The molecule has 0 spiro atoms. The van der Waals surface area contributed by atoms with Gasteiger partial charge in [0.05, 0.1) is 11.6 Å². The Morgan fingerprint density at radius 2 is 2.30 bits per heavy atom. The third-order valence-electron chi connectivity index (χ3n) is 3.25. The summed E-state index contributed by atoms with van der Waals surface area (Å²) in [7, 11) is 0. The van der Waals surface area contributed by atoms with E-state index in [-0.39, 0.29) is 5.91 Å². The highest BCUT2D eigenvalue weighted by Crippen LogP contribution is 2.40. The molecule has 5 heteroatoms. The van der Waals surface area contributed by atoms with Crippen molar-refractivity contribution < 1.29 is 9.32 Å². The zero-order chi connectivity index (χ0) is 13.9. The van der Waals surface area contributed by atoms with E-state index >= 15 is 0 Å². The van der Waals surface area contributed by atoms with Crippen LogP contribution in [-0.4, -0.2) is 11.1 Å². The van der Waals surface area contributed by atoms with Crippen molar-refractivity contribution >= 4 is 5.91 Å². The zero-order valence-corrected chi connectivity index (χ0v) is 10.8. The van der Waals surface area contributed by atoms with Gasteiger partial charge in [-0.1, -0.05) is 17.3 Å². The van der Waals surface area contributed by atoms with E-state index in [1.54, 1.807) is 24.3 Å². The first-order valence-electron chi connectivity index (χ1n) is 6.50. The predicted molar refractivity (Wildman–Crippen MR) is 70.8 cm³/mol. The number of amides is 1. The highest BCUT2D eigenvalue weighted by Gasteiger charge is 2.28. The molecule has 1 aromatic heterocycles. The van der Waals surface area contributed by atoms with Crippen molar-refractivity contribution in [1.82, 2.24) is 10.5 Å². The maximum absolute atomic E-state index is 11.9. The van der Waals surface area contributed by atoms with Crippen molar-refractivity contribution in [3.05, 3.63) is 52.9 Å². The fourth-order valence-electron chi connectivity index (χ4n) is 1.98. The zero-order valence-electron chi connectivity index (χ0n) is 10.8. The number of benzene rings is 1. The minimum absolute atomic E-state index is 0.261. The van der Waals surface area contributed by atoms with Gasteiger partial charge >= 0.3 is 0 Å². The van der Waals surface area contributed by atoms with Crippen molar-refractivity contribution in [2.75, 3.05) is 0 Å². The molecule has 1 aliphatic rings. The van der Waals surface area contributed by atoms with E-state index in [9.17, 15) is 4.79 Å². The van der Waals surface area contributed by atoms with Gasteiger partial charge in [0.15, 0.2) is 5.69 Å². The molecule has 5 nitrogen and oxygen atoms in total. The van der Waals surface area contributed by atoms with Gasteiger partial charge < -0.3 is 9.84 Å². The summed E-state index contributed by atoms with van der Waals surface area (Å²) in [6.45, 7) is 0.361. The van der Waals surface area contributed by atoms with E-state index in [1.165, 1.54) is 0 Å². The third-order valence-corrected chi connectivity index (χ3v) is 3.25. The first-order valence-corrected chi connectivity index (χ1v) is 6.50. The Morgan fingerprint density at radius 3 is 3.05 bits per heavy atom. The fourth-order valence-corrected chi connectivity index (χ4v) is 1.98. The number of hydrogen-bond donors (Lipinski definition) is 1. The lowest BCUT2D eigenvalue weighted by molar-refractivity contribution is 0.0941. The van der Waals surface area contributed by atoms with E-state index in [4.69, 9.17) is 9.78 Å². The number of carbonyl (C=O) groups excluding carboxylic acids is 1. The maximum atomic E-state index is 11.9. The van der Waals surface area contributed by atoms with Gasteiger partial charge in [0.2, 0.25) is 0 Å². The van der Waals surface area contributed by atoms with Crippen LogP contribution in [0.15, 0.2) is 34.9 Å². The molecule has 1 saturated carbocycles. The van der Waals surface area contributed by atoms with E-state index in [1.807, 2.05) is 6.07 Å². The summed E-state index contributed by atoms with van der Waals surface area (Å²) in [5, 5.41) is 15.4. The lowest BCUT2D eigenvalue weighted by Crippen LogP contribution is -2.23. The third kappa shape index (κ3) is 2.69. The summed E-state index contributed by atoms with van der Waals surface area (Å²) >= 11 is 0. The molecule has 0 bridgehead atoms. The normalized spacial score (nSPS) is 13.8. The van der Waals surface area contributed by atoms with Crippen LogP contribution in [0.4, 0.5) is 0 Å². The molecule has 1 fully saturated rings. The number of nitrogens with one attached hydrogen (secondary N) is 1. The van der Waals surface area contributed by atoms with E-state index in [0.717, 1.165) is 24.2 Å². The summed E-state index contributed by atoms with van der Waals surface area (Å²) in [4.78, 5) is 11.9. The molecule has 1 N–H and O–H groups in total. The first-order chi connectivity index (χ1) is 9.76. The monoisotopic (exact) mass is 267 g/mol. The molecule has 0 unspecified atom stereocenters. The molecule has 1 aromatic carbocycles. The van der Waals surface area contributed by atoms with E-state index in [2.05, 4.69) is 16.5 Å². The summed E-state index contributed by atoms with van der Waals surface area (Å²) in [6, 6.07) is 10.9. The molecule has 1 heterocycles. The number of nitrogens with zero attached hydrogens (tertiary/aromatic N) is 2. The van der Waals surface area contributed by atoms with Gasteiger partial charge in [-0.2, -0.15) is 5.26 Å². The Morgan fingerprint density at radius 1 is 1.45 bits per heavy atom. The second-order valence-electron chi connectivity index (χ2n) is 4.88. The van der Waals surface area contributed by atoms with Crippen molar-refractivity contribution in [2.24, 2.45) is 0 Å². The SMILES string of the molecule is N#Cc1cccc(CNC(=O)c2cc(C3CC3)on2)c1. The minimum atomic E-state index is -0.261. The van der Waals surface area contributed by atoms with Crippen LogP contribution in [0.1, 0.15) is 46.1 Å². The molecule has 1 amide bonds. The summed E-state index contributed by atoms with van der Waals surface area (Å²) in [6.07, 6.45) is 2.22. The van der Waals surface area contributed by atoms with Crippen molar-refractivity contribution in [3.8, 4) is 6.07 Å². The molecular formula is C15H13N3O2. The quantitative estimate of drug-likeness (QED) is 0.922. The molecule has 100 valence electrons. The van der Waals surface area contributed by atoms with Crippen molar-refractivity contribution in [2.45, 2.75) is 25.3 Å². The smallest absolute Gasteiger partial charge is 0.273 e. The first kappa shape index (κ1) is 12.4. The molecule has 0 aliphatic heterocycles. The second kappa shape index (κ2) is 5.17. The van der Waals surface area contributed by atoms with Crippen molar-refractivity contribution in [1.29, 1.82) is 5.26 Å². The van der Waals surface area contributed by atoms with Gasteiger partial charge in [0.1, 0.15) is 5.76 Å². The average molecular weight is 267 g/mol. The van der Waals surface area contributed by atoms with Crippen LogP contribution in [0, 0.1) is 11.3 Å². The summed E-state index contributed by atoms with van der Waals surface area (Å²) in [5.41, 5.74) is 1.76. The van der Waals surface area contributed by atoms with Crippen LogP contribution in [0.2, 0.25) is 0 Å². The molecular weight excluding hydrogens is 254 g/mol. The summed E-state index contributed by atoms with van der Waals surface area (Å²) < 4.78 is 5.14. The van der Waals surface area contributed by atoms with Gasteiger partial charge in [0, 0.05) is 18.5 Å². The highest BCUT2D eigenvalue weighted by atomic mass is 16.5. The van der Waals surface area contributed by atoms with Crippen LogP contribution in [0.25, 0.3) is 0 Å². The molecule has 3 rings (SSSR count). The Labute approximate surface area is 116 Å². The second-order valence-corrected chi connectivity index (χ2v) is 4.88. The lowest BCUT2D eigenvalue weighted by Gasteiger charge is -2.03. The Kier molecular flexibility index (Phi) is 3.21. The number of nitriles is 1. The number of carbonyl (C=O) groups is 1. The molecule has 2 aromatic rings. The van der Waals surface area contributed by atoms with Crippen LogP contribution >= 0.6 is 0 Å². The largest absolute Gasteiger partial charge is 0.360 e. The lowest BCUT2D eigenvalue weighted by atomic mass is 10.1. The maximum Gasteiger partial charge on any atom is 0.273 e. The predicted octanol–water partition coefficient (Wildman–Crippen LogP) is 2.35. The standard InChI is InChI=1S/C15H13N3O2/c16-8-10-2-1-3-11(6-10)9-17-15(19)13-7-14(20-18-13)12-4-5-12/h1-3,6-7,12H,4-5,9H2,(H,17,19). The molecule has 0 radical (unpaired) electrons. The molecule has 1 aliphatic carbocycles. The number of hydrogen-bond acceptors (Lipinski definition) is 4. The number of aromatic nitrogens is 1. The molecule has 0 saturated heterocycles. The van der Waals surface area contributed by atoms with Gasteiger partial charge in [-0.15, -0.1) is 0 Å². The van der Waals surface area contributed by atoms with Gasteiger partial charge in [-0.25, -0.2) is 0 Å². The Balaban J connectivity index is 1.62. The van der Waals surface area contributed by atoms with Crippen LogP contribution < -0.4 is 5.32 Å². The van der Waals surface area contributed by atoms with Crippen molar-refractivity contribution in [3.63, 3.8) is 0 Å². The van der Waals surface area contributed by atoms with Crippen LogP contribution in [0.3, 0.4) is 0 Å². The van der Waals surface area contributed by atoms with Crippen LogP contribution in [0.5, 0.6) is 0 Å². The Hall–Kier alpha value is -2.61. The number of rotatable bonds is 4. The molecule has 0 atom stereocenters. The molecule has 20 heavy (non-hydrogen) atoms. The van der Waals surface area contributed by atoms with Gasteiger partial charge in [0.25, 0.3) is 5.91 Å².